The zero-order valence-electron chi connectivity index (χ0n) is 18.3. The van der Waals surface area contributed by atoms with Gasteiger partial charge in [-0.25, -0.2) is 0 Å². The van der Waals surface area contributed by atoms with E-state index in [1.807, 2.05) is 32.0 Å². The van der Waals surface area contributed by atoms with Gasteiger partial charge in [-0.2, -0.15) is 0 Å². The van der Waals surface area contributed by atoms with Crippen LogP contribution in [0.4, 0.5) is 0 Å². The van der Waals surface area contributed by atoms with Gasteiger partial charge in [0.05, 0.1) is 14.2 Å². The van der Waals surface area contributed by atoms with Crippen LogP contribution in [0.5, 0.6) is 11.5 Å². The molecule has 1 aromatic carbocycles. The number of carbonyl (C=O) groups excluding carboxylic acids is 1. The summed E-state index contributed by atoms with van der Waals surface area (Å²) in [4.78, 5) is 20.8. The summed E-state index contributed by atoms with van der Waals surface area (Å²) in [6.45, 7) is 8.93. The number of methoxy groups -OCH3 is 2. The van der Waals surface area contributed by atoms with Crippen LogP contribution in [0.3, 0.4) is 0 Å². The number of ether oxygens (including phenoxy) is 2. The molecule has 1 heterocycles. The topological polar surface area (TPSA) is 78.4 Å². The van der Waals surface area contributed by atoms with Crippen LogP contribution in [-0.4, -0.2) is 81.7 Å². The first kappa shape index (κ1) is 22.8. The Morgan fingerprint density at radius 1 is 1.17 bits per heavy atom. The van der Waals surface area contributed by atoms with Gasteiger partial charge in [0.25, 0.3) is 0 Å². The maximum absolute atomic E-state index is 11.8. The van der Waals surface area contributed by atoms with E-state index in [2.05, 4.69) is 25.4 Å². The van der Waals surface area contributed by atoms with Crippen molar-refractivity contribution in [2.75, 3.05) is 54.0 Å². The van der Waals surface area contributed by atoms with Crippen molar-refractivity contribution in [1.82, 2.24) is 20.4 Å². The Bertz CT molecular complexity index is 685. The molecule has 8 heteroatoms. The second kappa shape index (κ2) is 11.5. The van der Waals surface area contributed by atoms with E-state index in [0.717, 1.165) is 55.7 Å². The van der Waals surface area contributed by atoms with Crippen molar-refractivity contribution < 1.29 is 14.3 Å². The van der Waals surface area contributed by atoms with Gasteiger partial charge in [-0.1, -0.05) is 0 Å². The summed E-state index contributed by atoms with van der Waals surface area (Å²) in [7, 11) is 5.15. The fourth-order valence-corrected chi connectivity index (χ4v) is 3.38. The van der Waals surface area contributed by atoms with E-state index in [-0.39, 0.29) is 11.9 Å². The summed E-state index contributed by atoms with van der Waals surface area (Å²) in [5.74, 6) is 2.62. The zero-order valence-corrected chi connectivity index (χ0v) is 18.3. The van der Waals surface area contributed by atoms with E-state index >= 15 is 0 Å². The number of piperazine rings is 1. The lowest BCUT2D eigenvalue weighted by atomic mass is 10.1. The molecule has 8 nitrogen and oxygen atoms in total. The lowest BCUT2D eigenvalue weighted by Gasteiger charge is -2.36. The zero-order chi connectivity index (χ0) is 21.2. The Labute approximate surface area is 174 Å². The molecule has 2 N–H and O–H groups in total. The SMILES string of the molecule is CN=C(NCCC(=O)NC(C)C)N1CCN(Cc2cc(OC)ccc2OC)CC1. The first-order valence-corrected chi connectivity index (χ1v) is 10.1. The number of hydrogen-bond donors (Lipinski definition) is 2. The Morgan fingerprint density at radius 3 is 2.48 bits per heavy atom. The van der Waals surface area contributed by atoms with Crippen molar-refractivity contribution in [2.45, 2.75) is 32.9 Å². The van der Waals surface area contributed by atoms with E-state index < -0.39 is 0 Å². The highest BCUT2D eigenvalue weighted by Crippen LogP contribution is 2.25. The normalized spacial score (nSPS) is 15.4. The van der Waals surface area contributed by atoms with Gasteiger partial charge in [-0.15, -0.1) is 0 Å². The van der Waals surface area contributed by atoms with E-state index in [0.29, 0.717) is 13.0 Å². The van der Waals surface area contributed by atoms with E-state index in [1.165, 1.54) is 0 Å². The summed E-state index contributed by atoms with van der Waals surface area (Å²) in [5, 5.41) is 6.20. The molecule has 0 spiro atoms. The fourth-order valence-electron chi connectivity index (χ4n) is 3.38. The smallest absolute Gasteiger partial charge is 0.221 e. The van der Waals surface area contributed by atoms with Gasteiger partial charge >= 0.3 is 0 Å². The van der Waals surface area contributed by atoms with Crippen molar-refractivity contribution in [2.24, 2.45) is 4.99 Å². The summed E-state index contributed by atoms with van der Waals surface area (Å²) in [5.41, 5.74) is 1.12. The quantitative estimate of drug-likeness (QED) is 0.502. The highest BCUT2D eigenvalue weighted by Gasteiger charge is 2.21. The van der Waals surface area contributed by atoms with Crippen LogP contribution in [0.25, 0.3) is 0 Å². The molecule has 0 radical (unpaired) electrons. The molecule has 29 heavy (non-hydrogen) atoms. The number of carbonyl (C=O) groups is 1. The van der Waals surface area contributed by atoms with Gasteiger partial charge in [0.1, 0.15) is 11.5 Å². The number of rotatable bonds is 8. The first-order chi connectivity index (χ1) is 14.0. The predicted molar refractivity (Wildman–Crippen MR) is 116 cm³/mol. The molecule has 1 amide bonds. The molecule has 162 valence electrons. The van der Waals surface area contributed by atoms with Crippen molar-refractivity contribution in [1.29, 1.82) is 0 Å². The van der Waals surface area contributed by atoms with Crippen LogP contribution in [0.2, 0.25) is 0 Å². The van der Waals surface area contributed by atoms with Crippen molar-refractivity contribution in [3.63, 3.8) is 0 Å². The van der Waals surface area contributed by atoms with E-state index in [9.17, 15) is 4.79 Å². The number of guanidine groups is 1. The third-order valence-corrected chi connectivity index (χ3v) is 4.85. The first-order valence-electron chi connectivity index (χ1n) is 10.1. The van der Waals surface area contributed by atoms with Crippen molar-refractivity contribution in [3.8, 4) is 11.5 Å². The van der Waals surface area contributed by atoms with Crippen LogP contribution >= 0.6 is 0 Å². The third kappa shape index (κ3) is 7.12. The van der Waals surface area contributed by atoms with Crippen LogP contribution in [0, 0.1) is 0 Å². The van der Waals surface area contributed by atoms with Gasteiger partial charge in [-0.05, 0) is 32.0 Å². The summed E-state index contributed by atoms with van der Waals surface area (Å²) >= 11 is 0. The van der Waals surface area contributed by atoms with E-state index in [4.69, 9.17) is 9.47 Å². The van der Waals surface area contributed by atoms with Gasteiger partial charge < -0.3 is 25.0 Å². The summed E-state index contributed by atoms with van der Waals surface area (Å²) < 4.78 is 10.8. The molecule has 1 aliphatic heterocycles. The summed E-state index contributed by atoms with van der Waals surface area (Å²) in [6.07, 6.45) is 0.437. The molecule has 2 rings (SSSR count). The number of amides is 1. The number of benzene rings is 1. The number of aliphatic imine (C=N–C) groups is 1. The Hall–Kier alpha value is -2.48. The molecule has 1 fully saturated rings. The molecule has 0 aliphatic carbocycles. The second-order valence-electron chi connectivity index (χ2n) is 7.39. The average Bonchev–Trinajstić information content (AvgIpc) is 2.71. The van der Waals surface area contributed by atoms with E-state index in [1.54, 1.807) is 21.3 Å². The van der Waals surface area contributed by atoms with Gasteiger partial charge in [0.15, 0.2) is 5.96 Å². The number of hydrogen-bond acceptors (Lipinski definition) is 5. The van der Waals surface area contributed by atoms with Crippen molar-refractivity contribution in [3.05, 3.63) is 23.8 Å². The molecular formula is C21H35N5O3. The third-order valence-electron chi connectivity index (χ3n) is 4.85. The lowest BCUT2D eigenvalue weighted by molar-refractivity contribution is -0.121. The standard InChI is InChI=1S/C21H35N5O3/c1-16(2)24-20(27)8-9-23-21(22-3)26-12-10-25(11-13-26)15-17-14-18(28-4)6-7-19(17)29-5/h6-7,14,16H,8-13,15H2,1-5H3,(H,22,23)(H,24,27). The molecule has 0 bridgehead atoms. The highest BCUT2D eigenvalue weighted by atomic mass is 16.5. The molecule has 1 saturated heterocycles. The minimum atomic E-state index is 0.0556. The van der Waals surface area contributed by atoms with Crippen LogP contribution in [0.1, 0.15) is 25.8 Å². The highest BCUT2D eigenvalue weighted by molar-refractivity contribution is 5.81. The number of nitrogens with one attached hydrogen (secondary N) is 2. The lowest BCUT2D eigenvalue weighted by Crippen LogP contribution is -2.52. The van der Waals surface area contributed by atoms with Gasteiger partial charge in [-0.3, -0.25) is 14.7 Å². The maximum Gasteiger partial charge on any atom is 0.221 e. The van der Waals surface area contributed by atoms with Gasteiger partial charge in [0.2, 0.25) is 5.91 Å². The number of nitrogens with zero attached hydrogens (tertiary/aromatic N) is 3. The minimum absolute atomic E-state index is 0.0556. The molecule has 1 aliphatic rings. The van der Waals surface area contributed by atoms with Crippen LogP contribution < -0.4 is 20.1 Å². The van der Waals surface area contributed by atoms with Crippen molar-refractivity contribution >= 4 is 11.9 Å². The Morgan fingerprint density at radius 2 is 1.90 bits per heavy atom. The molecule has 0 aromatic heterocycles. The van der Waals surface area contributed by atoms with Gasteiger partial charge in [0, 0.05) is 64.3 Å². The minimum Gasteiger partial charge on any atom is -0.497 e. The second-order valence-corrected chi connectivity index (χ2v) is 7.39. The largest absolute Gasteiger partial charge is 0.497 e. The average molecular weight is 406 g/mol. The molecule has 0 unspecified atom stereocenters. The Balaban J connectivity index is 1.82. The van der Waals surface area contributed by atoms with Crippen LogP contribution in [-0.2, 0) is 11.3 Å². The molecule has 0 atom stereocenters. The Kier molecular flexibility index (Phi) is 9.05. The maximum atomic E-state index is 11.8. The predicted octanol–water partition coefficient (Wildman–Crippen LogP) is 1.31. The molecule has 0 saturated carbocycles. The molecular weight excluding hydrogens is 370 g/mol. The summed E-state index contributed by atoms with van der Waals surface area (Å²) in [6, 6.07) is 6.06. The fraction of sp³-hybridized carbons (Fsp3) is 0.619. The monoisotopic (exact) mass is 405 g/mol. The van der Waals surface area contributed by atoms with Crippen LogP contribution in [0.15, 0.2) is 23.2 Å². The molecule has 1 aromatic rings.